The zero-order valence-electron chi connectivity index (χ0n) is 13.0. The van der Waals surface area contributed by atoms with E-state index in [1.165, 1.54) is 12.4 Å². The number of aryl methyl sites for hydroxylation is 2. The lowest BCUT2D eigenvalue weighted by Gasteiger charge is -2.09. The van der Waals surface area contributed by atoms with Gasteiger partial charge in [-0.15, -0.1) is 0 Å². The first-order valence-electron chi connectivity index (χ1n) is 7.11. The normalized spacial score (nSPS) is 10.5. The molecule has 122 valence electrons. The van der Waals surface area contributed by atoms with Gasteiger partial charge in [0.1, 0.15) is 17.3 Å². The van der Waals surface area contributed by atoms with E-state index in [0.717, 1.165) is 11.3 Å². The topological polar surface area (TPSA) is 92.9 Å². The van der Waals surface area contributed by atoms with E-state index in [2.05, 4.69) is 25.8 Å². The number of amides is 1. The van der Waals surface area contributed by atoms with Crippen LogP contribution >= 0.6 is 11.6 Å². The predicted octanol–water partition coefficient (Wildman–Crippen LogP) is 3.73. The van der Waals surface area contributed by atoms with Gasteiger partial charge < -0.3 is 15.2 Å². The van der Waals surface area contributed by atoms with Crippen molar-refractivity contribution in [1.82, 2.24) is 15.1 Å². The average molecular weight is 344 g/mol. The van der Waals surface area contributed by atoms with Crippen LogP contribution in [0.15, 0.2) is 41.2 Å². The number of carbonyl (C=O) groups excluding carboxylic acids is 1. The maximum Gasteiger partial charge on any atom is 0.277 e. The fourth-order valence-electron chi connectivity index (χ4n) is 2.02. The molecule has 0 radical (unpaired) electrons. The summed E-state index contributed by atoms with van der Waals surface area (Å²) in [6.45, 7) is 3.67. The summed E-state index contributed by atoms with van der Waals surface area (Å²) in [4.78, 5) is 20.4. The second kappa shape index (κ2) is 6.67. The Labute approximate surface area is 143 Å². The van der Waals surface area contributed by atoms with Gasteiger partial charge in [0, 0.05) is 16.8 Å². The minimum absolute atomic E-state index is 0.175. The second-order valence-corrected chi connectivity index (χ2v) is 5.58. The summed E-state index contributed by atoms with van der Waals surface area (Å²) in [6, 6.07) is 7.10. The van der Waals surface area contributed by atoms with E-state index in [4.69, 9.17) is 16.1 Å². The van der Waals surface area contributed by atoms with E-state index in [1.54, 1.807) is 19.1 Å². The van der Waals surface area contributed by atoms with Gasteiger partial charge in [-0.05, 0) is 37.6 Å². The van der Waals surface area contributed by atoms with Crippen LogP contribution in [0.3, 0.4) is 0 Å². The maximum absolute atomic E-state index is 12.1. The molecule has 2 heterocycles. The Balaban J connectivity index is 1.69. The Morgan fingerprint density at radius 2 is 1.96 bits per heavy atom. The number of aromatic nitrogens is 3. The van der Waals surface area contributed by atoms with E-state index in [0.29, 0.717) is 22.4 Å². The number of hydrogen-bond donors (Lipinski definition) is 2. The number of rotatable bonds is 4. The SMILES string of the molecule is Cc1cc(NC(=O)c2cnc(Nc3ccc(Cl)cc3C)cn2)no1. The van der Waals surface area contributed by atoms with E-state index in [1.807, 2.05) is 19.1 Å². The Hall–Kier alpha value is -2.93. The summed E-state index contributed by atoms with van der Waals surface area (Å²) in [5, 5.41) is 10.1. The number of halogens is 1. The standard InChI is InChI=1S/C16H14ClN5O2/c1-9-5-11(17)3-4-12(9)20-15-8-18-13(7-19-15)16(23)21-14-6-10(2)24-22-14/h3-8H,1-2H3,(H,19,20)(H,21,22,23). The molecule has 0 fully saturated rings. The molecule has 3 aromatic rings. The fourth-order valence-corrected chi connectivity index (χ4v) is 2.25. The van der Waals surface area contributed by atoms with Crippen LogP contribution in [-0.2, 0) is 0 Å². The van der Waals surface area contributed by atoms with Gasteiger partial charge in [0.05, 0.1) is 12.4 Å². The van der Waals surface area contributed by atoms with Crippen molar-refractivity contribution in [3.8, 4) is 0 Å². The zero-order chi connectivity index (χ0) is 17.1. The smallest absolute Gasteiger partial charge is 0.277 e. The Kier molecular flexibility index (Phi) is 4.43. The summed E-state index contributed by atoms with van der Waals surface area (Å²) in [7, 11) is 0. The van der Waals surface area contributed by atoms with Crippen molar-refractivity contribution in [2.24, 2.45) is 0 Å². The van der Waals surface area contributed by atoms with E-state index in [9.17, 15) is 4.79 Å². The molecule has 0 bridgehead atoms. The summed E-state index contributed by atoms with van der Waals surface area (Å²) >= 11 is 5.93. The fraction of sp³-hybridized carbons (Fsp3) is 0.125. The van der Waals surface area contributed by atoms with Crippen molar-refractivity contribution in [2.45, 2.75) is 13.8 Å². The highest BCUT2D eigenvalue weighted by Gasteiger charge is 2.11. The third-order valence-electron chi connectivity index (χ3n) is 3.21. The molecule has 0 saturated carbocycles. The highest BCUT2D eigenvalue weighted by Crippen LogP contribution is 2.22. The van der Waals surface area contributed by atoms with Gasteiger partial charge in [0.15, 0.2) is 5.82 Å². The van der Waals surface area contributed by atoms with Gasteiger partial charge in [0.25, 0.3) is 5.91 Å². The first-order chi connectivity index (χ1) is 11.5. The molecule has 8 heteroatoms. The van der Waals surface area contributed by atoms with Crippen LogP contribution in [-0.4, -0.2) is 21.0 Å². The largest absolute Gasteiger partial charge is 0.360 e. The average Bonchev–Trinajstić information content (AvgIpc) is 2.96. The molecule has 0 aliphatic rings. The molecule has 2 aromatic heterocycles. The molecule has 3 rings (SSSR count). The summed E-state index contributed by atoms with van der Waals surface area (Å²) < 4.78 is 4.89. The van der Waals surface area contributed by atoms with Gasteiger partial charge in [-0.25, -0.2) is 9.97 Å². The monoisotopic (exact) mass is 343 g/mol. The first kappa shape index (κ1) is 15.9. The van der Waals surface area contributed by atoms with Gasteiger partial charge in [-0.1, -0.05) is 16.8 Å². The molecule has 0 atom stereocenters. The highest BCUT2D eigenvalue weighted by molar-refractivity contribution is 6.30. The molecular weight excluding hydrogens is 330 g/mol. The third kappa shape index (κ3) is 3.69. The van der Waals surface area contributed by atoms with Crippen LogP contribution < -0.4 is 10.6 Å². The first-order valence-corrected chi connectivity index (χ1v) is 7.49. The summed E-state index contributed by atoms with van der Waals surface area (Å²) in [5.41, 5.74) is 2.02. The lowest BCUT2D eigenvalue weighted by molar-refractivity contribution is 0.102. The number of hydrogen-bond acceptors (Lipinski definition) is 6. The Bertz CT molecular complexity index is 876. The summed E-state index contributed by atoms with van der Waals surface area (Å²) in [6.07, 6.45) is 2.87. The second-order valence-electron chi connectivity index (χ2n) is 5.15. The zero-order valence-corrected chi connectivity index (χ0v) is 13.8. The minimum Gasteiger partial charge on any atom is -0.360 e. The van der Waals surface area contributed by atoms with E-state index in [-0.39, 0.29) is 5.69 Å². The van der Waals surface area contributed by atoms with Gasteiger partial charge in [-0.2, -0.15) is 0 Å². The molecule has 7 nitrogen and oxygen atoms in total. The van der Waals surface area contributed by atoms with Crippen LogP contribution in [0.2, 0.25) is 5.02 Å². The van der Waals surface area contributed by atoms with E-state index < -0.39 is 5.91 Å². The minimum atomic E-state index is -0.412. The van der Waals surface area contributed by atoms with Crippen LogP contribution in [0.4, 0.5) is 17.3 Å². The molecule has 0 aliphatic carbocycles. The quantitative estimate of drug-likeness (QED) is 0.749. The lowest BCUT2D eigenvalue weighted by Crippen LogP contribution is -2.14. The van der Waals surface area contributed by atoms with Crippen LogP contribution in [0, 0.1) is 13.8 Å². The van der Waals surface area contributed by atoms with Crippen molar-refractivity contribution in [2.75, 3.05) is 10.6 Å². The Morgan fingerprint density at radius 3 is 2.58 bits per heavy atom. The van der Waals surface area contributed by atoms with Crippen molar-refractivity contribution in [3.05, 3.63) is 58.7 Å². The van der Waals surface area contributed by atoms with Gasteiger partial charge in [0.2, 0.25) is 0 Å². The van der Waals surface area contributed by atoms with Crippen LogP contribution in [0.1, 0.15) is 21.8 Å². The molecule has 0 aliphatic heterocycles. The van der Waals surface area contributed by atoms with E-state index >= 15 is 0 Å². The molecule has 0 unspecified atom stereocenters. The molecule has 0 spiro atoms. The number of nitrogens with zero attached hydrogens (tertiary/aromatic N) is 3. The molecular formula is C16H14ClN5O2. The number of carbonyl (C=O) groups is 1. The van der Waals surface area contributed by atoms with Gasteiger partial charge in [-0.3, -0.25) is 4.79 Å². The van der Waals surface area contributed by atoms with Crippen molar-refractivity contribution in [3.63, 3.8) is 0 Å². The number of benzene rings is 1. The predicted molar refractivity (Wildman–Crippen MR) is 90.7 cm³/mol. The van der Waals surface area contributed by atoms with Crippen LogP contribution in [0.25, 0.3) is 0 Å². The molecule has 2 N–H and O–H groups in total. The number of anilines is 3. The molecule has 0 saturated heterocycles. The van der Waals surface area contributed by atoms with Crippen LogP contribution in [0.5, 0.6) is 0 Å². The third-order valence-corrected chi connectivity index (χ3v) is 3.44. The highest BCUT2D eigenvalue weighted by atomic mass is 35.5. The maximum atomic E-state index is 12.1. The molecule has 1 aromatic carbocycles. The lowest BCUT2D eigenvalue weighted by atomic mass is 10.2. The van der Waals surface area contributed by atoms with Crippen molar-refractivity contribution >= 4 is 34.8 Å². The van der Waals surface area contributed by atoms with Crippen molar-refractivity contribution < 1.29 is 9.32 Å². The van der Waals surface area contributed by atoms with Crippen molar-refractivity contribution in [1.29, 1.82) is 0 Å². The number of nitrogens with one attached hydrogen (secondary N) is 2. The van der Waals surface area contributed by atoms with Gasteiger partial charge >= 0.3 is 0 Å². The molecule has 24 heavy (non-hydrogen) atoms. The molecule has 1 amide bonds. The summed E-state index contributed by atoms with van der Waals surface area (Å²) in [5.74, 6) is 1.05. The Morgan fingerprint density at radius 1 is 1.12 bits per heavy atom.